The van der Waals surface area contributed by atoms with E-state index in [1.807, 2.05) is 30.3 Å². The predicted octanol–water partition coefficient (Wildman–Crippen LogP) is 4.76. The summed E-state index contributed by atoms with van der Waals surface area (Å²) in [7, 11) is 0. The lowest BCUT2D eigenvalue weighted by molar-refractivity contribution is 1.13. The number of nitrogens with zero attached hydrogens (tertiary/aromatic N) is 1. The summed E-state index contributed by atoms with van der Waals surface area (Å²) >= 11 is 15.5. The number of aromatic nitrogens is 1. The van der Waals surface area contributed by atoms with E-state index in [0.717, 1.165) is 20.7 Å². The van der Waals surface area contributed by atoms with Crippen LogP contribution in [0, 0.1) is 0 Å². The zero-order chi connectivity index (χ0) is 12.3. The number of nitrogens with one attached hydrogen (secondary N) is 1. The SMILES string of the molecule is Clc1ccc(Br)cc1CNc1cccnc1Cl. The van der Waals surface area contributed by atoms with E-state index < -0.39 is 0 Å². The number of benzene rings is 1. The van der Waals surface area contributed by atoms with Crippen LogP contribution in [0.1, 0.15) is 5.56 Å². The molecule has 5 heteroatoms. The van der Waals surface area contributed by atoms with Crippen molar-refractivity contribution in [1.29, 1.82) is 0 Å². The Bertz CT molecular complexity index is 532. The lowest BCUT2D eigenvalue weighted by Gasteiger charge is -2.09. The molecule has 2 rings (SSSR count). The lowest BCUT2D eigenvalue weighted by atomic mass is 10.2. The Kier molecular flexibility index (Phi) is 4.26. The maximum Gasteiger partial charge on any atom is 0.152 e. The van der Waals surface area contributed by atoms with E-state index in [1.54, 1.807) is 6.20 Å². The average Bonchev–Trinajstić information content (AvgIpc) is 2.32. The molecule has 1 aromatic heterocycles. The van der Waals surface area contributed by atoms with E-state index in [9.17, 15) is 0 Å². The quantitative estimate of drug-likeness (QED) is 0.820. The van der Waals surface area contributed by atoms with Gasteiger partial charge < -0.3 is 5.32 Å². The van der Waals surface area contributed by atoms with Gasteiger partial charge in [-0.25, -0.2) is 4.98 Å². The number of halogens is 3. The van der Waals surface area contributed by atoms with Crippen molar-refractivity contribution in [2.45, 2.75) is 6.54 Å². The third kappa shape index (κ3) is 3.35. The first-order valence-corrected chi connectivity index (χ1v) is 6.50. The Balaban J connectivity index is 2.12. The third-order valence-corrected chi connectivity index (χ3v) is 3.40. The van der Waals surface area contributed by atoms with E-state index in [-0.39, 0.29) is 0 Å². The number of anilines is 1. The number of hydrogen-bond donors (Lipinski definition) is 1. The zero-order valence-electron chi connectivity index (χ0n) is 8.75. The van der Waals surface area contributed by atoms with Crippen LogP contribution in [-0.2, 0) is 6.54 Å². The first-order valence-electron chi connectivity index (χ1n) is 4.95. The van der Waals surface area contributed by atoms with Crippen LogP contribution in [0.25, 0.3) is 0 Å². The van der Waals surface area contributed by atoms with Gasteiger partial charge in [0, 0.05) is 22.2 Å². The van der Waals surface area contributed by atoms with E-state index in [1.165, 1.54) is 0 Å². The minimum absolute atomic E-state index is 0.457. The first-order chi connectivity index (χ1) is 8.16. The minimum Gasteiger partial charge on any atom is -0.378 e. The molecule has 0 unspecified atom stereocenters. The second-order valence-corrected chi connectivity index (χ2v) is 5.11. The largest absolute Gasteiger partial charge is 0.378 e. The summed E-state index contributed by atoms with van der Waals surface area (Å²) in [4.78, 5) is 3.99. The normalized spacial score (nSPS) is 10.3. The Hall–Kier alpha value is -0.770. The molecule has 0 aliphatic heterocycles. The van der Waals surface area contributed by atoms with E-state index in [2.05, 4.69) is 26.2 Å². The second kappa shape index (κ2) is 5.71. The van der Waals surface area contributed by atoms with Crippen LogP contribution in [-0.4, -0.2) is 4.98 Å². The zero-order valence-corrected chi connectivity index (χ0v) is 11.9. The fourth-order valence-corrected chi connectivity index (χ4v) is 2.17. The van der Waals surface area contributed by atoms with Crippen molar-refractivity contribution in [3.8, 4) is 0 Å². The molecule has 0 bridgehead atoms. The van der Waals surface area contributed by atoms with Crippen molar-refractivity contribution >= 4 is 44.8 Å². The van der Waals surface area contributed by atoms with Crippen LogP contribution in [0.4, 0.5) is 5.69 Å². The fourth-order valence-electron chi connectivity index (χ4n) is 1.39. The van der Waals surface area contributed by atoms with E-state index in [4.69, 9.17) is 23.2 Å². The van der Waals surface area contributed by atoms with Crippen LogP contribution < -0.4 is 5.32 Å². The average molecular weight is 332 g/mol. The summed E-state index contributed by atoms with van der Waals surface area (Å²) in [6.07, 6.45) is 1.65. The van der Waals surface area contributed by atoms with Crippen LogP contribution in [0.15, 0.2) is 41.0 Å². The molecular weight excluding hydrogens is 323 g/mol. The van der Waals surface area contributed by atoms with Crippen LogP contribution in [0.2, 0.25) is 10.2 Å². The van der Waals surface area contributed by atoms with Gasteiger partial charge in [0.25, 0.3) is 0 Å². The highest BCUT2D eigenvalue weighted by Crippen LogP contribution is 2.23. The molecule has 2 nitrogen and oxygen atoms in total. The second-order valence-electron chi connectivity index (χ2n) is 3.43. The Morgan fingerprint density at radius 1 is 1.24 bits per heavy atom. The fraction of sp³-hybridized carbons (Fsp3) is 0.0833. The van der Waals surface area contributed by atoms with Crippen molar-refractivity contribution in [2.75, 3.05) is 5.32 Å². The smallest absolute Gasteiger partial charge is 0.152 e. The molecule has 1 N–H and O–H groups in total. The maximum absolute atomic E-state index is 6.09. The van der Waals surface area contributed by atoms with Gasteiger partial charge in [-0.2, -0.15) is 0 Å². The summed E-state index contributed by atoms with van der Waals surface area (Å²) in [5, 5.41) is 4.38. The van der Waals surface area contributed by atoms with Crippen molar-refractivity contribution in [1.82, 2.24) is 4.98 Å². The summed E-state index contributed by atoms with van der Waals surface area (Å²) in [5.74, 6) is 0. The molecule has 0 spiro atoms. The topological polar surface area (TPSA) is 24.9 Å². The van der Waals surface area contributed by atoms with Crippen molar-refractivity contribution in [3.63, 3.8) is 0 Å². The molecule has 1 heterocycles. The van der Waals surface area contributed by atoms with Gasteiger partial charge in [-0.3, -0.25) is 0 Å². The van der Waals surface area contributed by atoms with E-state index in [0.29, 0.717) is 11.7 Å². The maximum atomic E-state index is 6.09. The Morgan fingerprint density at radius 2 is 2.06 bits per heavy atom. The molecule has 88 valence electrons. The van der Waals surface area contributed by atoms with Gasteiger partial charge in [-0.1, -0.05) is 39.1 Å². The van der Waals surface area contributed by atoms with Gasteiger partial charge in [-0.15, -0.1) is 0 Å². The van der Waals surface area contributed by atoms with Gasteiger partial charge >= 0.3 is 0 Å². The molecule has 1 aromatic carbocycles. The number of hydrogen-bond acceptors (Lipinski definition) is 2. The summed E-state index contributed by atoms with van der Waals surface area (Å²) in [5.41, 5.74) is 1.80. The highest BCUT2D eigenvalue weighted by atomic mass is 79.9. The molecule has 0 fully saturated rings. The Morgan fingerprint density at radius 3 is 2.82 bits per heavy atom. The van der Waals surface area contributed by atoms with Gasteiger partial charge in [-0.05, 0) is 35.9 Å². The van der Waals surface area contributed by atoms with Crippen molar-refractivity contribution in [3.05, 3.63) is 56.7 Å². The summed E-state index contributed by atoms with van der Waals surface area (Å²) in [6.45, 7) is 0.601. The van der Waals surface area contributed by atoms with Crippen LogP contribution in [0.3, 0.4) is 0 Å². The van der Waals surface area contributed by atoms with E-state index >= 15 is 0 Å². The number of rotatable bonds is 3. The molecule has 0 radical (unpaired) electrons. The minimum atomic E-state index is 0.457. The molecule has 0 saturated heterocycles. The van der Waals surface area contributed by atoms with Crippen LogP contribution >= 0.6 is 39.1 Å². The molecule has 0 amide bonds. The first kappa shape index (κ1) is 12.7. The Labute approximate surface area is 118 Å². The molecule has 2 aromatic rings. The summed E-state index contributed by atoms with van der Waals surface area (Å²) < 4.78 is 0.996. The highest BCUT2D eigenvalue weighted by Gasteiger charge is 2.03. The highest BCUT2D eigenvalue weighted by molar-refractivity contribution is 9.10. The third-order valence-electron chi connectivity index (χ3n) is 2.24. The van der Waals surface area contributed by atoms with Gasteiger partial charge in [0.1, 0.15) is 0 Å². The predicted molar refractivity (Wildman–Crippen MR) is 75.7 cm³/mol. The molecule has 17 heavy (non-hydrogen) atoms. The molecule has 0 aliphatic carbocycles. The van der Waals surface area contributed by atoms with Crippen LogP contribution in [0.5, 0.6) is 0 Å². The number of pyridine rings is 1. The van der Waals surface area contributed by atoms with Gasteiger partial charge in [0.15, 0.2) is 5.15 Å². The van der Waals surface area contributed by atoms with Crippen molar-refractivity contribution in [2.24, 2.45) is 0 Å². The molecule has 0 saturated carbocycles. The monoisotopic (exact) mass is 330 g/mol. The molecule has 0 aliphatic rings. The standard InChI is InChI=1S/C12H9BrCl2N2/c13-9-3-4-10(14)8(6-9)7-17-11-2-1-5-16-12(11)15/h1-6,17H,7H2. The lowest BCUT2D eigenvalue weighted by Crippen LogP contribution is -2.01. The molecule has 0 atom stereocenters. The summed E-state index contributed by atoms with van der Waals surface area (Å²) in [6, 6.07) is 9.44. The van der Waals surface area contributed by atoms with Gasteiger partial charge in [0.2, 0.25) is 0 Å². The van der Waals surface area contributed by atoms with Gasteiger partial charge in [0.05, 0.1) is 5.69 Å². The van der Waals surface area contributed by atoms with Crippen molar-refractivity contribution < 1.29 is 0 Å². The molecular formula is C12H9BrCl2N2.